The molecule has 1 aromatic carbocycles. The van der Waals surface area contributed by atoms with E-state index in [1.54, 1.807) is 14.1 Å². The molecule has 19 heavy (non-hydrogen) atoms. The van der Waals surface area contributed by atoms with E-state index in [4.69, 9.17) is 17.3 Å². The van der Waals surface area contributed by atoms with Gasteiger partial charge in [-0.25, -0.2) is 9.37 Å². The average Bonchev–Trinajstić information content (AvgIpc) is 2.73. The number of hydrogen-bond donors (Lipinski definition) is 1. The summed E-state index contributed by atoms with van der Waals surface area (Å²) in [4.78, 5) is 18.0. The second-order valence-electron chi connectivity index (χ2n) is 4.06. The highest BCUT2D eigenvalue weighted by Crippen LogP contribution is 2.32. The Morgan fingerprint density at radius 2 is 2.16 bits per heavy atom. The van der Waals surface area contributed by atoms with Crippen LogP contribution in [0.25, 0.3) is 11.3 Å². The number of rotatable bonds is 2. The monoisotopic (exact) mass is 299 g/mol. The fourth-order valence-electron chi connectivity index (χ4n) is 1.52. The van der Waals surface area contributed by atoms with Crippen LogP contribution in [0.15, 0.2) is 18.2 Å². The van der Waals surface area contributed by atoms with Crippen LogP contribution in [-0.4, -0.2) is 29.9 Å². The molecule has 0 atom stereocenters. The molecule has 0 saturated heterocycles. The van der Waals surface area contributed by atoms with Crippen molar-refractivity contribution >= 4 is 34.0 Å². The van der Waals surface area contributed by atoms with Gasteiger partial charge < -0.3 is 10.6 Å². The minimum Gasteiger partial charge on any atom is -0.375 e. The summed E-state index contributed by atoms with van der Waals surface area (Å²) in [6.45, 7) is 0. The summed E-state index contributed by atoms with van der Waals surface area (Å²) in [6.07, 6.45) is 0. The van der Waals surface area contributed by atoms with Gasteiger partial charge in [0.25, 0.3) is 5.91 Å². The van der Waals surface area contributed by atoms with Crippen molar-refractivity contribution in [3.63, 3.8) is 0 Å². The number of nitrogens with two attached hydrogens (primary N) is 1. The van der Waals surface area contributed by atoms with Gasteiger partial charge in [-0.3, -0.25) is 4.79 Å². The highest BCUT2D eigenvalue weighted by atomic mass is 35.5. The van der Waals surface area contributed by atoms with E-state index in [0.717, 1.165) is 11.3 Å². The molecule has 1 heterocycles. The summed E-state index contributed by atoms with van der Waals surface area (Å²) in [5.41, 5.74) is 6.63. The van der Waals surface area contributed by atoms with Crippen LogP contribution in [0.5, 0.6) is 0 Å². The van der Waals surface area contributed by atoms with Gasteiger partial charge in [-0.2, -0.15) is 0 Å². The first kappa shape index (κ1) is 13.8. The zero-order valence-corrected chi connectivity index (χ0v) is 11.8. The number of hydrogen-bond acceptors (Lipinski definition) is 4. The number of thiazole rings is 1. The van der Waals surface area contributed by atoms with E-state index in [1.165, 1.54) is 23.1 Å². The zero-order chi connectivity index (χ0) is 14.2. The maximum absolute atomic E-state index is 13.2. The van der Waals surface area contributed by atoms with Gasteiger partial charge in [0.15, 0.2) is 5.13 Å². The first-order valence-corrected chi connectivity index (χ1v) is 6.53. The Hall–Kier alpha value is -1.66. The van der Waals surface area contributed by atoms with Gasteiger partial charge in [0.1, 0.15) is 10.7 Å². The molecule has 2 rings (SSSR count). The summed E-state index contributed by atoms with van der Waals surface area (Å²) >= 11 is 6.83. The Morgan fingerprint density at radius 3 is 2.74 bits per heavy atom. The SMILES string of the molecule is CN(C)C(=O)c1sc(N)nc1-c1ccc(F)c(Cl)c1. The van der Waals surface area contributed by atoms with E-state index in [1.807, 2.05) is 0 Å². The van der Waals surface area contributed by atoms with E-state index in [2.05, 4.69) is 4.98 Å². The molecule has 1 amide bonds. The van der Waals surface area contributed by atoms with E-state index in [0.29, 0.717) is 16.1 Å². The Morgan fingerprint density at radius 1 is 1.47 bits per heavy atom. The molecule has 2 N–H and O–H groups in total. The Labute approximate surface area is 118 Å². The summed E-state index contributed by atoms with van der Waals surface area (Å²) in [6, 6.07) is 4.18. The second-order valence-corrected chi connectivity index (χ2v) is 5.50. The van der Waals surface area contributed by atoms with E-state index in [-0.39, 0.29) is 16.1 Å². The summed E-state index contributed by atoms with van der Waals surface area (Å²) in [7, 11) is 3.28. The van der Waals surface area contributed by atoms with Gasteiger partial charge >= 0.3 is 0 Å². The number of halogens is 2. The molecule has 4 nitrogen and oxygen atoms in total. The predicted molar refractivity (Wildman–Crippen MR) is 74.9 cm³/mol. The lowest BCUT2D eigenvalue weighted by atomic mass is 10.1. The number of nitrogen functional groups attached to an aromatic ring is 1. The zero-order valence-electron chi connectivity index (χ0n) is 10.3. The van der Waals surface area contributed by atoms with Gasteiger partial charge in [-0.15, -0.1) is 0 Å². The van der Waals surface area contributed by atoms with Crippen molar-refractivity contribution in [3.8, 4) is 11.3 Å². The molecule has 0 aliphatic rings. The predicted octanol–water partition coefficient (Wildman–Crippen LogP) is 2.89. The summed E-state index contributed by atoms with van der Waals surface area (Å²) in [5, 5.41) is 0.257. The molecular weight excluding hydrogens is 289 g/mol. The first-order valence-electron chi connectivity index (χ1n) is 5.33. The lowest BCUT2D eigenvalue weighted by molar-refractivity contribution is 0.0832. The molecule has 7 heteroatoms. The minimum absolute atomic E-state index is 0.0210. The number of carbonyl (C=O) groups excluding carboxylic acids is 1. The van der Waals surface area contributed by atoms with Crippen LogP contribution in [0.3, 0.4) is 0 Å². The molecular formula is C12H11ClFN3OS. The van der Waals surface area contributed by atoms with Crippen LogP contribution in [0, 0.1) is 5.82 Å². The van der Waals surface area contributed by atoms with Crippen molar-refractivity contribution in [3.05, 3.63) is 33.9 Å². The number of carbonyl (C=O) groups is 1. The van der Waals surface area contributed by atoms with Crippen LogP contribution < -0.4 is 5.73 Å². The second kappa shape index (κ2) is 5.14. The van der Waals surface area contributed by atoms with Crippen LogP contribution in [0.2, 0.25) is 5.02 Å². The van der Waals surface area contributed by atoms with E-state index >= 15 is 0 Å². The minimum atomic E-state index is -0.519. The fraction of sp³-hybridized carbons (Fsp3) is 0.167. The van der Waals surface area contributed by atoms with Crippen molar-refractivity contribution in [2.75, 3.05) is 19.8 Å². The van der Waals surface area contributed by atoms with Crippen molar-refractivity contribution in [1.82, 2.24) is 9.88 Å². The van der Waals surface area contributed by atoms with Gasteiger partial charge in [0, 0.05) is 19.7 Å². The normalized spacial score (nSPS) is 10.5. The van der Waals surface area contributed by atoms with Crippen LogP contribution in [0.4, 0.5) is 9.52 Å². The largest absolute Gasteiger partial charge is 0.375 e. The number of anilines is 1. The number of benzene rings is 1. The third-order valence-electron chi connectivity index (χ3n) is 2.44. The summed E-state index contributed by atoms with van der Waals surface area (Å²) < 4.78 is 13.2. The fourth-order valence-corrected chi connectivity index (χ4v) is 2.58. The third-order valence-corrected chi connectivity index (χ3v) is 3.60. The standard InChI is InChI=1S/C12H11ClFN3OS/c1-17(2)11(18)10-9(16-12(15)19-10)6-3-4-8(14)7(13)5-6/h3-5H,1-2H3,(H2,15,16). The van der Waals surface area contributed by atoms with Crippen molar-refractivity contribution in [1.29, 1.82) is 0 Å². The molecule has 0 aliphatic carbocycles. The summed E-state index contributed by atoms with van der Waals surface area (Å²) in [5.74, 6) is -0.723. The topological polar surface area (TPSA) is 59.2 Å². The number of aromatic nitrogens is 1. The maximum atomic E-state index is 13.2. The third kappa shape index (κ3) is 2.69. The molecule has 0 radical (unpaired) electrons. The highest BCUT2D eigenvalue weighted by Gasteiger charge is 2.20. The van der Waals surface area contributed by atoms with Crippen LogP contribution in [0.1, 0.15) is 9.67 Å². The maximum Gasteiger partial charge on any atom is 0.265 e. The van der Waals surface area contributed by atoms with Gasteiger partial charge in [0.05, 0.1) is 10.7 Å². The molecule has 1 aromatic heterocycles. The smallest absolute Gasteiger partial charge is 0.265 e. The molecule has 0 saturated carbocycles. The molecule has 0 unspecified atom stereocenters. The van der Waals surface area contributed by atoms with Gasteiger partial charge in [0.2, 0.25) is 0 Å². The Bertz CT molecular complexity index is 642. The molecule has 0 fully saturated rings. The van der Waals surface area contributed by atoms with E-state index < -0.39 is 5.82 Å². The van der Waals surface area contributed by atoms with Crippen molar-refractivity contribution in [2.24, 2.45) is 0 Å². The van der Waals surface area contributed by atoms with Gasteiger partial charge in [-0.05, 0) is 18.2 Å². The Balaban J connectivity index is 2.55. The molecule has 2 aromatic rings. The first-order chi connectivity index (χ1) is 8.90. The van der Waals surface area contributed by atoms with Crippen LogP contribution >= 0.6 is 22.9 Å². The van der Waals surface area contributed by atoms with Crippen molar-refractivity contribution in [2.45, 2.75) is 0 Å². The highest BCUT2D eigenvalue weighted by molar-refractivity contribution is 7.17. The molecule has 0 aliphatic heterocycles. The Kier molecular flexibility index (Phi) is 3.73. The average molecular weight is 300 g/mol. The molecule has 100 valence electrons. The van der Waals surface area contributed by atoms with Crippen LogP contribution in [-0.2, 0) is 0 Å². The number of nitrogens with zero attached hydrogens (tertiary/aromatic N) is 2. The molecule has 0 spiro atoms. The lowest BCUT2D eigenvalue weighted by Crippen LogP contribution is -2.21. The van der Waals surface area contributed by atoms with Crippen molar-refractivity contribution < 1.29 is 9.18 Å². The lowest BCUT2D eigenvalue weighted by Gasteiger charge is -2.09. The quantitative estimate of drug-likeness (QED) is 0.927. The van der Waals surface area contributed by atoms with E-state index in [9.17, 15) is 9.18 Å². The number of amides is 1. The molecule has 0 bridgehead atoms. The van der Waals surface area contributed by atoms with Gasteiger partial charge in [-0.1, -0.05) is 22.9 Å².